The molecule has 0 radical (unpaired) electrons. The second-order valence-corrected chi connectivity index (χ2v) is 9.73. The zero-order chi connectivity index (χ0) is 29.9. The van der Waals surface area contributed by atoms with Gasteiger partial charge in [-0.05, 0) is 66.9 Å². The number of aliphatic carboxylic acids is 1. The number of carbonyl (C=O) groups is 3. The first-order valence-electron chi connectivity index (χ1n) is 12.5. The van der Waals surface area contributed by atoms with Gasteiger partial charge in [-0.2, -0.15) is 0 Å². The van der Waals surface area contributed by atoms with Gasteiger partial charge in [-0.15, -0.1) is 0 Å². The fourth-order valence-electron chi connectivity index (χ4n) is 3.71. The molecule has 7 N–H and O–H groups in total. The van der Waals surface area contributed by atoms with E-state index in [2.05, 4.69) is 5.43 Å². The van der Waals surface area contributed by atoms with Crippen LogP contribution in [0, 0.1) is 5.41 Å². The van der Waals surface area contributed by atoms with E-state index in [1.54, 1.807) is 42.5 Å². The molecule has 0 saturated heterocycles. The van der Waals surface area contributed by atoms with Crippen LogP contribution in [0.15, 0.2) is 72.8 Å². The maximum atomic E-state index is 13.4. The van der Waals surface area contributed by atoms with Crippen molar-refractivity contribution in [2.24, 2.45) is 11.5 Å². The van der Waals surface area contributed by atoms with Crippen molar-refractivity contribution in [2.75, 3.05) is 11.6 Å². The molecule has 3 aromatic rings. The topological polar surface area (TPSA) is 175 Å². The maximum absolute atomic E-state index is 13.4. The van der Waals surface area contributed by atoms with Gasteiger partial charge in [0.2, 0.25) is 5.91 Å². The minimum Gasteiger partial charge on any atom is -0.480 e. The predicted molar refractivity (Wildman–Crippen MR) is 157 cm³/mol. The third kappa shape index (κ3) is 9.47. The van der Waals surface area contributed by atoms with Gasteiger partial charge in [-0.3, -0.25) is 24.7 Å². The van der Waals surface area contributed by atoms with Crippen molar-refractivity contribution in [3.05, 3.63) is 88.4 Å². The average molecular weight is 601 g/mol. The summed E-state index contributed by atoms with van der Waals surface area (Å²) in [5.41, 5.74) is 15.3. The number of carbonyl (C=O) groups excluding carboxylic acids is 2. The van der Waals surface area contributed by atoms with Gasteiger partial charge in [0.05, 0.1) is 15.7 Å². The number of ether oxygens (including phenoxy) is 1. The van der Waals surface area contributed by atoms with Crippen LogP contribution in [0.25, 0.3) is 0 Å². The lowest BCUT2D eigenvalue weighted by atomic mass is 10.1. The number of nitrogens with one attached hydrogen (secondary N) is 2. The lowest BCUT2D eigenvalue weighted by molar-refractivity contribution is -0.138. The van der Waals surface area contributed by atoms with E-state index in [1.807, 2.05) is 30.3 Å². The number of hydrogen-bond acceptors (Lipinski definition) is 7. The van der Waals surface area contributed by atoms with Crippen molar-refractivity contribution in [2.45, 2.75) is 31.8 Å². The Morgan fingerprint density at radius 2 is 1.61 bits per heavy atom. The number of guanidine groups is 1. The van der Waals surface area contributed by atoms with Crippen LogP contribution in [0.2, 0.25) is 10.0 Å². The third-order valence-corrected chi connectivity index (χ3v) is 6.60. The summed E-state index contributed by atoms with van der Waals surface area (Å²) in [4.78, 5) is 38.3. The van der Waals surface area contributed by atoms with E-state index < -0.39 is 36.2 Å². The number of halogens is 2. The van der Waals surface area contributed by atoms with Gasteiger partial charge in [0.15, 0.2) is 5.96 Å². The fourth-order valence-corrected chi connectivity index (χ4v) is 4.03. The summed E-state index contributed by atoms with van der Waals surface area (Å²) in [5.74, 6) is -1.91. The SMILES string of the molecule is N=C(N)N(CCCC(N)C(=O)O)C(=O)CC(=O)N(NCc1ccc(Cl)c(Cl)c1)c1ccc(Oc2ccccc2)cc1. The van der Waals surface area contributed by atoms with Crippen molar-refractivity contribution in [3.8, 4) is 11.5 Å². The molecule has 0 bridgehead atoms. The molecule has 0 fully saturated rings. The Bertz CT molecular complexity index is 1370. The molecule has 0 aliphatic heterocycles. The zero-order valence-electron chi connectivity index (χ0n) is 21.9. The molecule has 3 aromatic carbocycles. The van der Waals surface area contributed by atoms with Crippen LogP contribution in [0.1, 0.15) is 24.8 Å². The molecule has 0 aliphatic rings. The van der Waals surface area contributed by atoms with Crippen LogP contribution < -0.4 is 26.6 Å². The lowest BCUT2D eigenvalue weighted by Crippen LogP contribution is -2.48. The highest BCUT2D eigenvalue weighted by Gasteiger charge is 2.25. The van der Waals surface area contributed by atoms with Crippen molar-refractivity contribution >= 4 is 52.6 Å². The van der Waals surface area contributed by atoms with Crippen LogP contribution in [0.5, 0.6) is 11.5 Å². The molecular formula is C28H30Cl2N6O5. The Morgan fingerprint density at radius 1 is 0.951 bits per heavy atom. The summed E-state index contributed by atoms with van der Waals surface area (Å²) in [6.45, 7) is 0.104. The molecule has 41 heavy (non-hydrogen) atoms. The van der Waals surface area contributed by atoms with E-state index in [-0.39, 0.29) is 25.9 Å². The molecule has 0 spiro atoms. The minimum absolute atomic E-state index is 0.0646. The van der Waals surface area contributed by atoms with E-state index in [9.17, 15) is 14.4 Å². The van der Waals surface area contributed by atoms with Crippen molar-refractivity contribution < 1.29 is 24.2 Å². The van der Waals surface area contributed by atoms with Crippen molar-refractivity contribution in [1.29, 1.82) is 5.41 Å². The van der Waals surface area contributed by atoms with E-state index in [0.717, 1.165) is 10.5 Å². The Balaban J connectivity index is 1.76. The number of amides is 2. The quantitative estimate of drug-likeness (QED) is 0.0841. The number of para-hydroxylation sites is 1. The number of hydrogen-bond donors (Lipinski definition) is 5. The summed E-state index contributed by atoms with van der Waals surface area (Å²) in [6, 6.07) is 19.8. The molecule has 1 atom stereocenters. The molecule has 1 unspecified atom stereocenters. The molecule has 0 saturated carbocycles. The summed E-state index contributed by atoms with van der Waals surface area (Å²) in [6.07, 6.45) is -0.384. The number of benzene rings is 3. The monoisotopic (exact) mass is 600 g/mol. The molecule has 2 amide bonds. The van der Waals surface area contributed by atoms with Gasteiger partial charge < -0.3 is 21.3 Å². The number of carboxylic acids is 1. The molecule has 0 aromatic heterocycles. The van der Waals surface area contributed by atoms with Crippen molar-refractivity contribution in [3.63, 3.8) is 0 Å². The van der Waals surface area contributed by atoms with Gasteiger partial charge in [-0.25, -0.2) is 10.4 Å². The van der Waals surface area contributed by atoms with E-state index >= 15 is 0 Å². The summed E-state index contributed by atoms with van der Waals surface area (Å²) in [5, 5.41) is 18.7. The van der Waals surface area contributed by atoms with E-state index in [4.69, 9.17) is 49.9 Å². The number of nitrogens with two attached hydrogens (primary N) is 2. The number of carboxylic acid groups (broad SMARTS) is 1. The first-order chi connectivity index (χ1) is 19.5. The van der Waals surface area contributed by atoms with Crippen LogP contribution in [0.4, 0.5) is 5.69 Å². The van der Waals surface area contributed by atoms with E-state index in [0.29, 0.717) is 27.2 Å². The number of nitrogens with zero attached hydrogens (tertiary/aromatic N) is 2. The first kappa shape index (κ1) is 31.4. The largest absolute Gasteiger partial charge is 0.480 e. The van der Waals surface area contributed by atoms with Gasteiger partial charge in [0.25, 0.3) is 5.91 Å². The first-order valence-corrected chi connectivity index (χ1v) is 13.3. The van der Waals surface area contributed by atoms with Crippen molar-refractivity contribution in [1.82, 2.24) is 10.3 Å². The summed E-state index contributed by atoms with van der Waals surface area (Å²) >= 11 is 12.1. The Labute approximate surface area is 247 Å². The van der Waals surface area contributed by atoms with E-state index in [1.165, 1.54) is 5.01 Å². The standard InChI is InChI=1S/C28H30Cl2N6O5/c29-22-13-8-18(15-23(22)30)17-34-36(19-9-11-21(12-10-19)41-20-5-2-1-3-6-20)26(38)16-25(37)35(28(32)33)14-4-7-24(31)27(39)40/h1-3,5-6,8-13,15,24,34H,4,7,14,16-17,31H2,(H3,32,33)(H,39,40). The second kappa shape index (κ2) is 15.0. The zero-order valence-corrected chi connectivity index (χ0v) is 23.4. The molecule has 216 valence electrons. The Kier molecular flexibility index (Phi) is 11.5. The predicted octanol–water partition coefficient (Wildman–Crippen LogP) is 4.13. The van der Waals surface area contributed by atoms with Gasteiger partial charge >= 0.3 is 5.97 Å². The van der Waals surface area contributed by atoms with Crippen LogP contribution in [0.3, 0.4) is 0 Å². The van der Waals surface area contributed by atoms with Gasteiger partial charge in [-0.1, -0.05) is 47.5 Å². The highest BCUT2D eigenvalue weighted by molar-refractivity contribution is 6.42. The average Bonchev–Trinajstić information content (AvgIpc) is 2.94. The second-order valence-electron chi connectivity index (χ2n) is 8.92. The molecule has 3 rings (SSSR count). The van der Waals surface area contributed by atoms with Gasteiger partial charge in [0, 0.05) is 13.1 Å². The maximum Gasteiger partial charge on any atom is 0.320 e. The highest BCUT2D eigenvalue weighted by Crippen LogP contribution is 2.25. The normalized spacial score (nSPS) is 11.4. The summed E-state index contributed by atoms with van der Waals surface area (Å²) in [7, 11) is 0. The fraction of sp³-hybridized carbons (Fsp3) is 0.214. The summed E-state index contributed by atoms with van der Waals surface area (Å²) < 4.78 is 5.82. The number of anilines is 1. The smallest absolute Gasteiger partial charge is 0.320 e. The molecule has 11 nitrogen and oxygen atoms in total. The molecule has 13 heteroatoms. The highest BCUT2D eigenvalue weighted by atomic mass is 35.5. The van der Waals surface area contributed by atoms with Crippen LogP contribution in [-0.2, 0) is 20.9 Å². The van der Waals surface area contributed by atoms with Crippen LogP contribution >= 0.6 is 23.2 Å². The molecule has 0 heterocycles. The molecule has 0 aliphatic carbocycles. The van der Waals surface area contributed by atoms with Gasteiger partial charge in [0.1, 0.15) is 24.0 Å². The minimum atomic E-state index is -1.18. The Hall–Kier alpha value is -4.16. The number of hydrazine groups is 1. The number of rotatable bonds is 13. The third-order valence-electron chi connectivity index (χ3n) is 5.86. The van der Waals surface area contributed by atoms with Crippen LogP contribution in [-0.4, -0.2) is 46.3 Å². The molecular weight excluding hydrogens is 571 g/mol. The Morgan fingerprint density at radius 3 is 2.22 bits per heavy atom. The lowest BCUT2D eigenvalue weighted by Gasteiger charge is -2.26.